The van der Waals surface area contributed by atoms with Gasteiger partial charge < -0.3 is 15.0 Å². The lowest BCUT2D eigenvalue weighted by molar-refractivity contribution is -0.131. The van der Waals surface area contributed by atoms with Gasteiger partial charge in [0.1, 0.15) is 12.6 Å². The summed E-state index contributed by atoms with van der Waals surface area (Å²) < 4.78 is 5.05. The first-order valence-corrected chi connectivity index (χ1v) is 6.96. The van der Waals surface area contributed by atoms with E-state index in [1.165, 1.54) is 0 Å². The molecule has 20 heavy (non-hydrogen) atoms. The molecule has 108 valence electrons. The number of hydrogen-bond acceptors (Lipinski definition) is 3. The van der Waals surface area contributed by atoms with E-state index >= 15 is 0 Å². The highest BCUT2D eigenvalue weighted by Gasteiger charge is 2.30. The molecule has 1 saturated heterocycles. The third kappa shape index (κ3) is 3.57. The van der Waals surface area contributed by atoms with Gasteiger partial charge in [-0.15, -0.1) is 0 Å². The molecule has 1 heterocycles. The minimum Gasteiger partial charge on any atom is -0.372 e. The Labute approximate surface area is 118 Å². The number of carbonyl (C=O) groups excluding carboxylic acids is 2. The van der Waals surface area contributed by atoms with Crippen LogP contribution in [0.5, 0.6) is 0 Å². The molecule has 1 aliphatic rings. The Balaban J connectivity index is 1.98. The Morgan fingerprint density at radius 2 is 2.15 bits per heavy atom. The zero-order chi connectivity index (χ0) is 14.4. The Morgan fingerprint density at radius 3 is 2.85 bits per heavy atom. The normalized spacial score (nSPS) is 18.9. The number of carbonyl (C=O) groups is 2. The number of hydrogen-bond donors (Lipinski definition) is 1. The zero-order valence-electron chi connectivity index (χ0n) is 11.7. The van der Waals surface area contributed by atoms with Crippen molar-refractivity contribution in [1.82, 2.24) is 5.32 Å². The molecule has 0 bridgehead atoms. The molecule has 5 nitrogen and oxygen atoms in total. The molecule has 1 fully saturated rings. The van der Waals surface area contributed by atoms with Crippen LogP contribution in [0, 0.1) is 0 Å². The third-order valence-corrected chi connectivity index (χ3v) is 3.28. The Kier molecular flexibility index (Phi) is 5.12. The van der Waals surface area contributed by atoms with Gasteiger partial charge in [0.05, 0.1) is 0 Å². The molecule has 1 atom stereocenters. The van der Waals surface area contributed by atoms with Crippen LogP contribution in [0.1, 0.15) is 19.8 Å². The van der Waals surface area contributed by atoms with Gasteiger partial charge in [-0.2, -0.15) is 0 Å². The van der Waals surface area contributed by atoms with Gasteiger partial charge in [0.2, 0.25) is 11.8 Å². The maximum absolute atomic E-state index is 12.4. The van der Waals surface area contributed by atoms with Crippen LogP contribution in [0.3, 0.4) is 0 Å². The van der Waals surface area contributed by atoms with Gasteiger partial charge in [-0.05, 0) is 31.9 Å². The van der Waals surface area contributed by atoms with Crippen LogP contribution in [0.2, 0.25) is 0 Å². The van der Waals surface area contributed by atoms with Crippen molar-refractivity contribution in [3.63, 3.8) is 0 Å². The van der Waals surface area contributed by atoms with Crippen LogP contribution in [-0.2, 0) is 14.3 Å². The molecule has 2 amide bonds. The number of amides is 2. The average molecular weight is 276 g/mol. The van der Waals surface area contributed by atoms with E-state index in [0.717, 1.165) is 12.1 Å². The molecular weight excluding hydrogens is 256 g/mol. The quantitative estimate of drug-likeness (QED) is 0.882. The largest absolute Gasteiger partial charge is 0.372 e. The maximum Gasteiger partial charge on any atom is 0.249 e. The van der Waals surface area contributed by atoms with E-state index in [0.29, 0.717) is 19.6 Å². The highest BCUT2D eigenvalue weighted by Crippen LogP contribution is 2.20. The third-order valence-electron chi connectivity index (χ3n) is 3.28. The van der Waals surface area contributed by atoms with Crippen LogP contribution in [0.4, 0.5) is 5.69 Å². The second kappa shape index (κ2) is 7.05. The molecule has 1 aromatic rings. The number of anilines is 1. The fraction of sp³-hybridized carbons (Fsp3) is 0.467. The van der Waals surface area contributed by atoms with E-state index < -0.39 is 6.04 Å². The van der Waals surface area contributed by atoms with E-state index in [1.54, 1.807) is 4.90 Å². The van der Waals surface area contributed by atoms with Crippen molar-refractivity contribution in [3.05, 3.63) is 30.3 Å². The molecule has 1 aromatic carbocycles. The van der Waals surface area contributed by atoms with Crippen molar-refractivity contribution in [2.45, 2.75) is 25.8 Å². The molecule has 0 spiro atoms. The summed E-state index contributed by atoms with van der Waals surface area (Å²) in [6, 6.07) is 9.08. The Bertz CT molecular complexity index is 461. The SMILES string of the molecule is CCOCC(=O)NC1CCCN(c2ccccc2)C1=O. The van der Waals surface area contributed by atoms with Crippen molar-refractivity contribution in [1.29, 1.82) is 0 Å². The first-order valence-electron chi connectivity index (χ1n) is 6.96. The topological polar surface area (TPSA) is 58.6 Å². The minimum atomic E-state index is -0.447. The van der Waals surface area contributed by atoms with Crippen molar-refractivity contribution >= 4 is 17.5 Å². The summed E-state index contributed by atoms with van der Waals surface area (Å²) in [4.78, 5) is 25.8. The molecule has 1 aliphatic heterocycles. The van der Waals surface area contributed by atoms with Crippen molar-refractivity contribution in [2.75, 3.05) is 24.7 Å². The van der Waals surface area contributed by atoms with Crippen LogP contribution in [0.25, 0.3) is 0 Å². The minimum absolute atomic E-state index is 0.00557. The predicted molar refractivity (Wildman–Crippen MR) is 76.5 cm³/mol. The zero-order valence-corrected chi connectivity index (χ0v) is 11.7. The van der Waals surface area contributed by atoms with Gasteiger partial charge >= 0.3 is 0 Å². The van der Waals surface area contributed by atoms with Gasteiger partial charge in [0, 0.05) is 18.8 Å². The van der Waals surface area contributed by atoms with E-state index in [-0.39, 0.29) is 18.4 Å². The van der Waals surface area contributed by atoms with Crippen molar-refractivity contribution in [3.8, 4) is 0 Å². The summed E-state index contributed by atoms with van der Waals surface area (Å²) >= 11 is 0. The van der Waals surface area contributed by atoms with Gasteiger partial charge in [-0.1, -0.05) is 18.2 Å². The number of benzene rings is 1. The smallest absolute Gasteiger partial charge is 0.249 e. The van der Waals surface area contributed by atoms with Gasteiger partial charge in [-0.25, -0.2) is 0 Å². The van der Waals surface area contributed by atoms with E-state index in [4.69, 9.17) is 4.74 Å². The Hall–Kier alpha value is -1.88. The summed E-state index contributed by atoms with van der Waals surface area (Å²) in [5.74, 6) is -0.285. The lowest BCUT2D eigenvalue weighted by Gasteiger charge is -2.32. The van der Waals surface area contributed by atoms with Gasteiger partial charge in [0.25, 0.3) is 0 Å². The lowest BCUT2D eigenvalue weighted by atomic mass is 10.0. The molecule has 0 aromatic heterocycles. The number of ether oxygens (including phenoxy) is 1. The summed E-state index contributed by atoms with van der Waals surface area (Å²) in [6.45, 7) is 3.02. The Morgan fingerprint density at radius 1 is 1.40 bits per heavy atom. The number of rotatable bonds is 5. The predicted octanol–water partition coefficient (Wildman–Crippen LogP) is 1.33. The average Bonchev–Trinajstić information content (AvgIpc) is 2.48. The monoisotopic (exact) mass is 276 g/mol. The molecular formula is C15H20N2O3. The van der Waals surface area contributed by atoms with Crippen molar-refractivity contribution in [2.24, 2.45) is 0 Å². The van der Waals surface area contributed by atoms with Gasteiger partial charge in [-0.3, -0.25) is 9.59 Å². The maximum atomic E-state index is 12.4. The number of para-hydroxylation sites is 1. The van der Waals surface area contributed by atoms with Crippen molar-refractivity contribution < 1.29 is 14.3 Å². The number of nitrogens with zero attached hydrogens (tertiary/aromatic N) is 1. The summed E-state index contributed by atoms with van der Waals surface area (Å²) in [5.41, 5.74) is 0.876. The molecule has 1 unspecified atom stereocenters. The number of nitrogens with one attached hydrogen (secondary N) is 1. The van der Waals surface area contributed by atoms with E-state index in [2.05, 4.69) is 5.32 Å². The fourth-order valence-electron chi connectivity index (χ4n) is 2.30. The first-order chi connectivity index (χ1) is 9.72. The summed E-state index contributed by atoms with van der Waals surface area (Å²) in [6.07, 6.45) is 1.56. The molecule has 0 radical (unpaired) electrons. The molecule has 0 saturated carbocycles. The lowest BCUT2D eigenvalue weighted by Crippen LogP contribution is -2.53. The molecule has 2 rings (SSSR count). The standard InChI is InChI=1S/C15H20N2O3/c1-2-20-11-14(18)16-13-9-6-10-17(15(13)19)12-7-4-3-5-8-12/h3-5,7-8,13H,2,6,9-11H2,1H3,(H,16,18). The molecule has 0 aliphatic carbocycles. The molecule has 5 heteroatoms. The molecule has 1 N–H and O–H groups in total. The van der Waals surface area contributed by atoms with Crippen LogP contribution < -0.4 is 10.2 Å². The first kappa shape index (κ1) is 14.5. The van der Waals surface area contributed by atoms with Gasteiger partial charge in [0.15, 0.2) is 0 Å². The highest BCUT2D eigenvalue weighted by atomic mass is 16.5. The number of piperidine rings is 1. The van der Waals surface area contributed by atoms with Crippen LogP contribution in [0.15, 0.2) is 30.3 Å². The summed E-state index contributed by atoms with van der Waals surface area (Å²) in [5, 5.41) is 2.75. The van der Waals surface area contributed by atoms with E-state index in [9.17, 15) is 9.59 Å². The fourth-order valence-corrected chi connectivity index (χ4v) is 2.30. The highest BCUT2D eigenvalue weighted by molar-refractivity contribution is 5.99. The van der Waals surface area contributed by atoms with Crippen LogP contribution in [-0.4, -0.2) is 37.6 Å². The second-order valence-electron chi connectivity index (χ2n) is 4.72. The summed E-state index contributed by atoms with van der Waals surface area (Å²) in [7, 11) is 0. The van der Waals surface area contributed by atoms with E-state index in [1.807, 2.05) is 37.3 Å². The second-order valence-corrected chi connectivity index (χ2v) is 4.72. The van der Waals surface area contributed by atoms with Crippen LogP contribution >= 0.6 is 0 Å².